The Kier molecular flexibility index (Phi) is 5.01. The molecule has 0 aliphatic carbocycles. The average Bonchev–Trinajstić information content (AvgIpc) is 2.49. The summed E-state index contributed by atoms with van der Waals surface area (Å²) in [7, 11) is 0. The van der Waals surface area contributed by atoms with Crippen molar-refractivity contribution in [1.29, 1.82) is 0 Å². The van der Waals surface area contributed by atoms with Crippen molar-refractivity contribution >= 4 is 29.3 Å². The summed E-state index contributed by atoms with van der Waals surface area (Å²) in [5.41, 5.74) is 2.16. The highest BCUT2D eigenvalue weighted by molar-refractivity contribution is 7.99. The van der Waals surface area contributed by atoms with Gasteiger partial charge in [-0.25, -0.2) is 0 Å². The van der Waals surface area contributed by atoms with Crippen LogP contribution in [-0.2, 0) is 10.5 Å². The Morgan fingerprint density at radius 3 is 2.73 bits per heavy atom. The van der Waals surface area contributed by atoms with Crippen molar-refractivity contribution in [2.45, 2.75) is 11.7 Å². The fourth-order valence-electron chi connectivity index (χ4n) is 2.44. The average molecular weight is 333 g/mol. The molecule has 1 aliphatic rings. The summed E-state index contributed by atoms with van der Waals surface area (Å²) < 4.78 is 0. The zero-order valence-corrected chi connectivity index (χ0v) is 13.7. The minimum atomic E-state index is 0.198. The van der Waals surface area contributed by atoms with Crippen molar-refractivity contribution in [2.75, 3.05) is 18.8 Å². The number of nitrogens with zero attached hydrogens (tertiary/aromatic N) is 2. The third-order valence-electron chi connectivity index (χ3n) is 3.78. The smallest absolute Gasteiger partial charge is 0.232 e. The standard InChI is InChI=1S/C17H17ClN2OS/c18-15-6-2-1-5-13(15)11-22-12-17(21)20-9-14(10-20)16-7-3-4-8-19-16/h1-8,14H,9-12H2. The van der Waals surface area contributed by atoms with Crippen molar-refractivity contribution in [3.05, 3.63) is 64.9 Å². The van der Waals surface area contributed by atoms with Gasteiger partial charge in [-0.1, -0.05) is 35.9 Å². The predicted octanol–water partition coefficient (Wildman–Crippen LogP) is 3.59. The first kappa shape index (κ1) is 15.4. The maximum atomic E-state index is 12.1. The van der Waals surface area contributed by atoms with Crippen LogP contribution in [0.25, 0.3) is 0 Å². The van der Waals surface area contributed by atoms with Crippen LogP contribution in [0, 0.1) is 0 Å². The monoisotopic (exact) mass is 332 g/mol. The SMILES string of the molecule is O=C(CSCc1ccccc1Cl)N1CC(c2ccccn2)C1. The molecule has 0 unspecified atom stereocenters. The van der Waals surface area contributed by atoms with Gasteiger partial charge in [0.15, 0.2) is 0 Å². The van der Waals surface area contributed by atoms with E-state index in [0.717, 1.165) is 35.1 Å². The van der Waals surface area contributed by atoms with Gasteiger partial charge in [-0.2, -0.15) is 0 Å². The lowest BCUT2D eigenvalue weighted by Crippen LogP contribution is -2.49. The van der Waals surface area contributed by atoms with Gasteiger partial charge >= 0.3 is 0 Å². The van der Waals surface area contributed by atoms with Crippen LogP contribution in [0.5, 0.6) is 0 Å². The molecular formula is C17H17ClN2OS. The number of amides is 1. The Labute approximate surface area is 139 Å². The lowest BCUT2D eigenvalue weighted by Gasteiger charge is -2.38. The lowest BCUT2D eigenvalue weighted by atomic mass is 9.96. The molecule has 114 valence electrons. The van der Waals surface area contributed by atoms with Crippen LogP contribution in [0.1, 0.15) is 17.2 Å². The van der Waals surface area contributed by atoms with Gasteiger partial charge in [0.2, 0.25) is 5.91 Å². The molecule has 2 heterocycles. The minimum absolute atomic E-state index is 0.198. The van der Waals surface area contributed by atoms with E-state index in [1.54, 1.807) is 18.0 Å². The predicted molar refractivity (Wildman–Crippen MR) is 91.2 cm³/mol. The summed E-state index contributed by atoms with van der Waals surface area (Å²) in [5, 5.41) is 0.765. The van der Waals surface area contributed by atoms with Crippen LogP contribution in [0.4, 0.5) is 0 Å². The Bertz CT molecular complexity index is 644. The third-order valence-corrected chi connectivity index (χ3v) is 5.12. The number of carbonyl (C=O) groups excluding carboxylic acids is 1. The van der Waals surface area contributed by atoms with Crippen LogP contribution in [-0.4, -0.2) is 34.6 Å². The van der Waals surface area contributed by atoms with Crippen molar-refractivity contribution in [3.8, 4) is 0 Å². The largest absolute Gasteiger partial charge is 0.341 e. The van der Waals surface area contributed by atoms with Gasteiger partial charge in [-0.15, -0.1) is 11.8 Å². The second-order valence-corrected chi connectivity index (χ2v) is 6.73. The van der Waals surface area contributed by atoms with Gasteiger partial charge in [0.25, 0.3) is 0 Å². The Morgan fingerprint density at radius 1 is 1.23 bits per heavy atom. The Morgan fingerprint density at radius 2 is 2.00 bits per heavy atom. The van der Waals surface area contributed by atoms with E-state index in [4.69, 9.17) is 11.6 Å². The van der Waals surface area contributed by atoms with E-state index >= 15 is 0 Å². The van der Waals surface area contributed by atoms with E-state index in [1.807, 2.05) is 47.4 Å². The summed E-state index contributed by atoms with van der Waals surface area (Å²) in [6, 6.07) is 13.7. The van der Waals surface area contributed by atoms with Crippen molar-refractivity contribution in [3.63, 3.8) is 0 Å². The molecule has 0 spiro atoms. The minimum Gasteiger partial charge on any atom is -0.341 e. The summed E-state index contributed by atoms with van der Waals surface area (Å²) in [6.07, 6.45) is 1.80. The second-order valence-electron chi connectivity index (χ2n) is 5.33. The molecule has 3 rings (SSSR count). The Hall–Kier alpha value is -1.52. The number of hydrogen-bond donors (Lipinski definition) is 0. The molecule has 1 saturated heterocycles. The number of rotatable bonds is 5. The van der Waals surface area contributed by atoms with Gasteiger partial charge < -0.3 is 4.90 Å². The van der Waals surface area contributed by atoms with Crippen LogP contribution in [0.3, 0.4) is 0 Å². The lowest BCUT2D eigenvalue weighted by molar-refractivity contribution is -0.132. The van der Waals surface area contributed by atoms with Gasteiger partial charge in [-0.3, -0.25) is 9.78 Å². The van der Waals surface area contributed by atoms with Crippen LogP contribution >= 0.6 is 23.4 Å². The molecule has 0 bridgehead atoms. The number of carbonyl (C=O) groups is 1. The first-order valence-corrected chi connectivity index (χ1v) is 8.77. The normalized spacial score (nSPS) is 14.7. The van der Waals surface area contributed by atoms with Crippen LogP contribution in [0.15, 0.2) is 48.7 Å². The maximum absolute atomic E-state index is 12.1. The fraction of sp³-hybridized carbons (Fsp3) is 0.294. The zero-order valence-electron chi connectivity index (χ0n) is 12.1. The van der Waals surface area contributed by atoms with Crippen molar-refractivity contribution in [2.24, 2.45) is 0 Å². The first-order valence-electron chi connectivity index (χ1n) is 7.24. The summed E-state index contributed by atoms with van der Waals surface area (Å²) in [6.45, 7) is 1.56. The number of benzene rings is 1. The fourth-order valence-corrected chi connectivity index (χ4v) is 3.65. The molecule has 1 amide bonds. The molecular weight excluding hydrogens is 316 g/mol. The van der Waals surface area contributed by atoms with Crippen LogP contribution in [0.2, 0.25) is 5.02 Å². The van der Waals surface area contributed by atoms with E-state index < -0.39 is 0 Å². The van der Waals surface area contributed by atoms with E-state index in [2.05, 4.69) is 4.98 Å². The van der Waals surface area contributed by atoms with Gasteiger partial charge in [0.05, 0.1) is 5.75 Å². The molecule has 1 fully saturated rings. The highest BCUT2D eigenvalue weighted by atomic mass is 35.5. The van der Waals surface area contributed by atoms with Crippen LogP contribution < -0.4 is 0 Å². The molecule has 22 heavy (non-hydrogen) atoms. The summed E-state index contributed by atoms with van der Waals surface area (Å²) >= 11 is 7.72. The molecule has 0 radical (unpaired) electrons. The first-order chi connectivity index (χ1) is 10.7. The van der Waals surface area contributed by atoms with E-state index in [9.17, 15) is 4.79 Å². The van der Waals surface area contributed by atoms with E-state index in [0.29, 0.717) is 11.7 Å². The molecule has 0 atom stereocenters. The molecule has 1 aromatic carbocycles. The Balaban J connectivity index is 1.42. The molecule has 1 aliphatic heterocycles. The van der Waals surface area contributed by atoms with Crippen molar-refractivity contribution in [1.82, 2.24) is 9.88 Å². The zero-order chi connectivity index (χ0) is 15.4. The van der Waals surface area contributed by atoms with Crippen molar-refractivity contribution < 1.29 is 4.79 Å². The number of thioether (sulfide) groups is 1. The molecule has 1 aromatic heterocycles. The highest BCUT2D eigenvalue weighted by Gasteiger charge is 2.32. The molecule has 0 saturated carbocycles. The van der Waals surface area contributed by atoms with E-state index in [1.165, 1.54) is 0 Å². The summed E-state index contributed by atoms with van der Waals surface area (Å²) in [5.74, 6) is 1.85. The quantitative estimate of drug-likeness (QED) is 0.839. The maximum Gasteiger partial charge on any atom is 0.232 e. The molecule has 2 aromatic rings. The number of halogens is 1. The van der Waals surface area contributed by atoms with Gasteiger partial charge in [-0.05, 0) is 23.8 Å². The molecule has 3 nitrogen and oxygen atoms in total. The van der Waals surface area contributed by atoms with Gasteiger partial charge in [0, 0.05) is 41.7 Å². The number of likely N-dealkylation sites (tertiary alicyclic amines) is 1. The second kappa shape index (κ2) is 7.16. The number of pyridine rings is 1. The number of aromatic nitrogens is 1. The topological polar surface area (TPSA) is 33.2 Å². The third kappa shape index (κ3) is 3.62. The molecule has 0 N–H and O–H groups in total. The molecule has 5 heteroatoms. The number of hydrogen-bond acceptors (Lipinski definition) is 3. The van der Waals surface area contributed by atoms with Gasteiger partial charge in [0.1, 0.15) is 0 Å². The van der Waals surface area contributed by atoms with E-state index in [-0.39, 0.29) is 5.91 Å². The summed E-state index contributed by atoms with van der Waals surface area (Å²) in [4.78, 5) is 18.4. The highest BCUT2D eigenvalue weighted by Crippen LogP contribution is 2.27.